The topological polar surface area (TPSA) is 770 Å². The van der Waals surface area contributed by atoms with Gasteiger partial charge in [-0.05, 0) is 326 Å². The van der Waals surface area contributed by atoms with E-state index in [1.165, 1.54) is 151 Å². The number of esters is 1. The molecule has 15 atom stereocenters. The van der Waals surface area contributed by atoms with Gasteiger partial charge in [-0.2, -0.15) is 5.10 Å². The zero-order valence-corrected chi connectivity index (χ0v) is 94.3. The smallest absolute Gasteiger partial charge is 0.349 e. The van der Waals surface area contributed by atoms with Crippen molar-refractivity contribution in [2.75, 3.05) is 7.11 Å². The number of fused-ring (bicyclic) bond motifs is 1. The van der Waals surface area contributed by atoms with Gasteiger partial charge in [-0.15, -0.1) is 79.4 Å². The molecule has 0 spiro atoms. The van der Waals surface area contributed by atoms with Gasteiger partial charge < -0.3 is 91.4 Å². The van der Waals surface area contributed by atoms with Gasteiger partial charge >= 0.3 is 5.97 Å². The largest absolute Gasteiger partial charge is 0.772 e. The Hall–Kier alpha value is -6.58. The maximum atomic E-state index is 10.9. The second-order valence-electron chi connectivity index (χ2n) is 24.3. The van der Waals surface area contributed by atoms with Gasteiger partial charge in [-0.3, -0.25) is 72.8 Å². The van der Waals surface area contributed by atoms with Gasteiger partial charge in [-0.1, -0.05) is 82.3 Å². The summed E-state index contributed by atoms with van der Waals surface area (Å²) >= 11 is -4.63. The van der Waals surface area contributed by atoms with E-state index in [1.807, 2.05) is 32.9 Å². The van der Waals surface area contributed by atoms with Crippen LogP contribution in [0.2, 0.25) is 13.0 Å². The maximum absolute atomic E-state index is 10.9. The number of aromatic amines is 1. The number of aromatic nitrogens is 10. The summed E-state index contributed by atoms with van der Waals surface area (Å²) in [4.78, 5) is 38.1. The lowest BCUT2D eigenvalue weighted by atomic mass is 10.2. The number of rotatable bonds is 18. The minimum absolute atomic E-state index is 0.00755. The van der Waals surface area contributed by atoms with Gasteiger partial charge in [0.05, 0.1) is 102 Å². The van der Waals surface area contributed by atoms with E-state index in [-0.39, 0.29) is 63.5 Å². The van der Waals surface area contributed by atoms with Crippen molar-refractivity contribution in [3.05, 3.63) is 263 Å². The number of nitrogens with one attached hydrogen (secondary N) is 1. The Bertz CT molecular complexity index is 6580. The number of hydrogen-bond donors (Lipinski definition) is 1. The number of furan rings is 1. The van der Waals surface area contributed by atoms with Crippen molar-refractivity contribution in [2.45, 2.75) is 118 Å². The number of carbonyl (C=O) groups excluding carboxylic acids is 1. The van der Waals surface area contributed by atoms with Gasteiger partial charge in [0.15, 0.2) is 17.2 Å². The van der Waals surface area contributed by atoms with Crippen molar-refractivity contribution in [1.82, 2.24) is 49.2 Å². The highest BCUT2D eigenvalue weighted by atomic mass is 79.9. The van der Waals surface area contributed by atoms with E-state index in [0.717, 1.165) is 82.7 Å². The minimum Gasteiger partial charge on any atom is -0.772 e. The number of carbonyl (C=O) groups is 1. The number of thiophene rings is 7. The van der Waals surface area contributed by atoms with Crippen molar-refractivity contribution in [3.8, 4) is 10.6 Å². The SMILES string of the molecule is CCn1cc(S(=O)[O-])cn1.COC(=O)c1sccc1S(=O)[O-].Cc1ccc(S(=O)[O-])nc1.Cc1ccc(S(=O)[O-])s1.Cc1ncc(S(=O)[O-])[nH]1.Cn1cnc(S(=O)[O-])c1.O=S([O-])C1CC1.O=S([O-])c1cc(Cl)sc1Cl.O=S([O-])c1ccc(-c2cnco2)s1.O=S([O-])c1ccc(Br)s1.O=S([O-])c1ccc(Cl)s1.O=S([O-])c1cccc2cccnc12.O=S([O-])c1ccccn1.O=S([O-])c1ccco1.O=S([O-])c1cccs1. The number of nitrogens with zero attached hydrogens (tertiary/aromatic N) is 9. The van der Waals surface area contributed by atoms with Gasteiger partial charge in [-0.25, -0.2) is 29.7 Å². The normalized spacial score (nSPS) is 13.8. The number of aryl methyl sites for hydroxylation is 5. The zero-order valence-electron chi connectivity index (χ0n) is 72.5. The molecule has 16 aromatic rings. The van der Waals surface area contributed by atoms with Crippen LogP contribution in [-0.4, -0.2) is 199 Å². The fourth-order valence-electron chi connectivity index (χ4n) is 8.01. The first kappa shape index (κ1) is 132. The fraction of sp³-hybridized carbons (Fsp3) is 0.135. The Morgan fingerprint density at radius 2 is 1.08 bits per heavy atom. The van der Waals surface area contributed by atoms with Gasteiger partial charge in [0, 0.05) is 71.2 Å². The Labute approximate surface area is 907 Å². The highest BCUT2D eigenvalue weighted by Gasteiger charge is 2.21. The summed E-state index contributed by atoms with van der Waals surface area (Å²) in [5.41, 5.74) is 1.48. The summed E-state index contributed by atoms with van der Waals surface area (Å²) in [7, 11) is 2.92. The molecule has 1 aliphatic carbocycles. The van der Waals surface area contributed by atoms with Crippen molar-refractivity contribution >= 4 is 313 Å². The quantitative estimate of drug-likeness (QED) is 0.0616. The molecule has 15 aromatic heterocycles. The third-order valence-corrected chi connectivity index (χ3v) is 34.0. The van der Waals surface area contributed by atoms with Crippen LogP contribution in [0.15, 0.2) is 303 Å². The van der Waals surface area contributed by atoms with Gasteiger partial charge in [0.2, 0.25) is 0 Å². The molecule has 44 nitrogen and oxygen atoms in total. The lowest BCUT2D eigenvalue weighted by molar-refractivity contribution is 0.0601. The number of imidazole rings is 2. The molecule has 0 bridgehead atoms. The summed E-state index contributed by atoms with van der Waals surface area (Å²) in [5, 5.41) is 8.25. The van der Waals surface area contributed by atoms with Crippen LogP contribution in [0.25, 0.3) is 21.5 Å². The molecule has 70 heteroatoms. The third kappa shape index (κ3) is 53.7. The Morgan fingerprint density at radius 3 is 1.42 bits per heavy atom. The molecule has 0 amide bonds. The van der Waals surface area contributed by atoms with Crippen LogP contribution < -0.4 is 0 Å². The van der Waals surface area contributed by atoms with E-state index < -0.39 is 172 Å². The second kappa shape index (κ2) is 72.0. The number of H-pyrrole nitrogens is 1. The molecule has 1 saturated carbocycles. The van der Waals surface area contributed by atoms with Crippen molar-refractivity contribution < 1.29 is 150 Å². The standard InChI is InChI=1S/C9H7NO2S.C7H5NO3S2.C6H7NO2S.C6H6O4S2.C5H8N2O2S.C5H5NO2S.C5H6O2S2.C4H3BrO2S2.C4H2Cl2O2S2.C4H3ClO2S2.2C4H6N2O2S.C4H4O3S.C4H4O2S2.C3H6O2S/c11-13(12)8-5-1-3-7-4-2-6-10-9(7)8;9-13(10)7-2-1-6(12-7)5-3-8-4-11-5;1-5-2-3-6(7-4-5)10(8)9;1-10-6(7)5-4(12(8)9)2-3-11-5;1-2-7-4-5(3-6-7)10(8)9;7-9(8)5-3-1-2-4-6-5;1-4-2-3-5(8-4)9(6)7;5-3-1-2-4(8-3)9(6)7;5-3-1-2(10(7)8)4(6)9-3;5-3-1-2-4(8-3)9(6)7;1-6-2-4(5-3-6)9(7)8;1-3-5-2-4(6-3)9(7)8;2*5-8(6)4-2-1-3-7-4;4-6(5)3-1-2-3/h1-6H,(H,11,12);1-4H,(H,9,10);2-4H,1H3,(H,8,9);2-3H,1H3,(H,8,9);3-4H,2H2,1H3,(H,8,9);1-4H,(H,7,8);2-3H,1H3,(H,6,7);1-2H,(H,6,7);1H,(H,7,8);1-2H,(H,6,7);2-3H,1H3,(H,7,8);2H,1H3,(H,5,6)(H,7,8);2*1-3H,(H,5,6);3H,1-2H2,(H,4,5)/p-15. The van der Waals surface area contributed by atoms with Crippen molar-refractivity contribution in [2.24, 2.45) is 7.05 Å². The van der Waals surface area contributed by atoms with Crippen LogP contribution in [0.5, 0.6) is 0 Å². The highest BCUT2D eigenvalue weighted by molar-refractivity contribution is 9.11. The Morgan fingerprint density at radius 1 is 0.486 bits per heavy atom. The lowest BCUT2D eigenvalue weighted by Crippen LogP contribution is -2.02. The molecule has 17 rings (SSSR count). The van der Waals surface area contributed by atoms with Crippen molar-refractivity contribution in [1.29, 1.82) is 0 Å². The summed E-state index contributed by atoms with van der Waals surface area (Å²) in [6, 6.07) is 38.3. The average Bonchev–Trinajstić information content (AvgIpc) is 1.42. The highest BCUT2D eigenvalue weighted by Crippen LogP contribution is 2.34. The van der Waals surface area contributed by atoms with E-state index in [9.17, 15) is 136 Å². The summed E-state index contributed by atoms with van der Waals surface area (Å²) < 4.78 is 328. The number of pyridine rings is 3. The number of methoxy groups -OCH3 is 1. The fourth-order valence-corrected chi connectivity index (χ4v) is 22.7. The van der Waals surface area contributed by atoms with E-state index in [2.05, 4.69) is 65.1 Å². The van der Waals surface area contributed by atoms with E-state index in [0.29, 0.717) is 49.2 Å². The van der Waals surface area contributed by atoms with E-state index in [4.69, 9.17) is 39.2 Å². The molecular formula is C74H63BrCl3N10O34S22-15. The molecular weight excluding hydrogens is 2460 g/mol. The van der Waals surface area contributed by atoms with Crippen LogP contribution >= 0.6 is 130 Å². The summed E-state index contributed by atoms with van der Waals surface area (Å²) in [6.07, 6.45) is 17.4. The Balaban J connectivity index is 0.000000398. The average molecular weight is 2530 g/mol. The van der Waals surface area contributed by atoms with Crippen LogP contribution in [-0.2, 0) is 185 Å². The molecule has 1 aromatic carbocycles. The summed E-state index contributed by atoms with van der Waals surface area (Å²) in [5.74, 6) is 0.570. The van der Waals surface area contributed by atoms with E-state index >= 15 is 0 Å². The second-order valence-corrected chi connectivity index (χ2v) is 50.1. The molecule has 0 aliphatic heterocycles. The zero-order chi connectivity index (χ0) is 108. The number of para-hydroxylation sites is 1. The molecule has 0 saturated heterocycles. The first-order chi connectivity index (χ1) is 68.0. The monoisotopic (exact) mass is 2520 g/mol. The number of halogens is 4. The predicted molar refractivity (Wildman–Crippen MR) is 535 cm³/mol. The molecule has 1 aliphatic rings. The molecule has 1 N–H and O–H groups in total. The molecule has 0 radical (unpaired) electrons. The molecule has 144 heavy (non-hydrogen) atoms. The maximum Gasteiger partial charge on any atom is 0.349 e. The molecule has 788 valence electrons. The Kier molecular flexibility index (Phi) is 65.8. The number of oxazole rings is 1. The minimum atomic E-state index is -2.37. The molecule has 1 fully saturated rings. The number of hydrogen-bond acceptors (Lipinski definition) is 48. The van der Waals surface area contributed by atoms with Crippen molar-refractivity contribution in [3.63, 3.8) is 0 Å². The predicted octanol–water partition coefficient (Wildman–Crippen LogP) is 13.1. The molecule has 15 heterocycles. The van der Waals surface area contributed by atoms with Crippen LogP contribution in [0.1, 0.15) is 45.7 Å². The first-order valence-electron chi connectivity index (χ1n) is 36.8. The van der Waals surface area contributed by atoms with Crippen LogP contribution in [0, 0.1) is 20.8 Å². The summed E-state index contributed by atoms with van der Waals surface area (Å²) in [6.45, 7) is 8.00. The third-order valence-electron chi connectivity index (χ3n) is 14.3. The molecule has 15 unspecified atom stereocenters. The van der Waals surface area contributed by atoms with Crippen LogP contribution in [0.4, 0.5) is 0 Å². The number of benzene rings is 1. The van der Waals surface area contributed by atoms with Gasteiger partial charge in [0.1, 0.15) is 35.1 Å². The van der Waals surface area contributed by atoms with Crippen LogP contribution in [0.3, 0.4) is 0 Å². The first-order valence-corrected chi connectivity index (χ1v) is 60.8. The number of ether oxygens (including phenoxy) is 1. The lowest BCUT2D eigenvalue weighted by Gasteiger charge is -2.07. The van der Waals surface area contributed by atoms with Gasteiger partial charge in [0.25, 0.3) is 0 Å². The van der Waals surface area contributed by atoms with E-state index in [1.54, 1.807) is 126 Å².